The molecule has 2 aromatic carbocycles. The molecular formula is C18H22O. The van der Waals surface area contributed by atoms with E-state index in [1.54, 1.807) is 0 Å². The Labute approximate surface area is 115 Å². The Kier molecular flexibility index (Phi) is 4.06. The van der Waals surface area contributed by atoms with Crippen molar-refractivity contribution in [3.63, 3.8) is 0 Å². The molecule has 0 saturated heterocycles. The van der Waals surface area contributed by atoms with Crippen molar-refractivity contribution < 1.29 is 5.11 Å². The third kappa shape index (κ3) is 3.24. The Balaban J connectivity index is 2.30. The van der Waals surface area contributed by atoms with E-state index in [0.29, 0.717) is 0 Å². The number of rotatable bonds is 3. The zero-order valence-corrected chi connectivity index (χ0v) is 11.9. The number of hydrogen-bond acceptors (Lipinski definition) is 1. The largest absolute Gasteiger partial charge is 0.395 e. The highest BCUT2D eigenvalue weighted by Crippen LogP contribution is 2.27. The lowest BCUT2D eigenvalue weighted by atomic mass is 9.84. The lowest BCUT2D eigenvalue weighted by Gasteiger charge is -2.21. The minimum atomic E-state index is 0.0650. The molecule has 1 N–H and O–H groups in total. The van der Waals surface area contributed by atoms with E-state index in [4.69, 9.17) is 0 Å². The Hall–Kier alpha value is -1.60. The zero-order valence-electron chi connectivity index (χ0n) is 11.9. The van der Waals surface area contributed by atoms with Crippen LogP contribution in [-0.4, -0.2) is 11.7 Å². The fourth-order valence-electron chi connectivity index (χ4n) is 2.30. The van der Waals surface area contributed by atoms with Crippen LogP contribution in [-0.2, 0) is 5.41 Å². The van der Waals surface area contributed by atoms with Gasteiger partial charge in [-0.2, -0.15) is 0 Å². The highest BCUT2D eigenvalue weighted by Gasteiger charge is 2.16. The van der Waals surface area contributed by atoms with Crippen LogP contribution in [0.1, 0.15) is 43.4 Å². The summed E-state index contributed by atoms with van der Waals surface area (Å²) < 4.78 is 0. The van der Waals surface area contributed by atoms with Crippen molar-refractivity contribution in [1.82, 2.24) is 0 Å². The van der Waals surface area contributed by atoms with E-state index >= 15 is 0 Å². The molecule has 0 bridgehead atoms. The first-order valence-corrected chi connectivity index (χ1v) is 6.78. The smallest absolute Gasteiger partial charge is 0.0540 e. The van der Waals surface area contributed by atoms with E-state index in [2.05, 4.69) is 57.2 Å². The molecule has 0 radical (unpaired) electrons. The van der Waals surface area contributed by atoms with Gasteiger partial charge in [0, 0.05) is 5.92 Å². The molecule has 1 atom stereocenters. The molecule has 2 aromatic rings. The first-order chi connectivity index (χ1) is 9.02. The number of aliphatic hydroxyl groups excluding tert-OH is 1. The molecule has 0 spiro atoms. The van der Waals surface area contributed by atoms with Crippen LogP contribution in [0.3, 0.4) is 0 Å². The van der Waals surface area contributed by atoms with Gasteiger partial charge < -0.3 is 5.11 Å². The second kappa shape index (κ2) is 5.58. The van der Waals surface area contributed by atoms with E-state index < -0.39 is 0 Å². The molecule has 19 heavy (non-hydrogen) atoms. The van der Waals surface area contributed by atoms with Crippen LogP contribution in [0.4, 0.5) is 0 Å². The minimum absolute atomic E-state index is 0.0650. The van der Waals surface area contributed by atoms with Crippen molar-refractivity contribution in [1.29, 1.82) is 0 Å². The Morgan fingerprint density at radius 1 is 0.842 bits per heavy atom. The first kappa shape index (κ1) is 13.8. The van der Waals surface area contributed by atoms with Gasteiger partial charge in [-0.1, -0.05) is 75.4 Å². The van der Waals surface area contributed by atoms with Crippen LogP contribution in [0.15, 0.2) is 54.6 Å². The molecule has 100 valence electrons. The molecule has 0 amide bonds. The summed E-state index contributed by atoms with van der Waals surface area (Å²) in [5, 5.41) is 9.66. The molecule has 1 heteroatoms. The SMILES string of the molecule is CC(C)(C)c1ccc(C(CO)c2ccccc2)cc1. The summed E-state index contributed by atoms with van der Waals surface area (Å²) in [5.74, 6) is 0.0650. The Morgan fingerprint density at radius 3 is 1.84 bits per heavy atom. The molecule has 0 aliphatic heterocycles. The third-order valence-electron chi connectivity index (χ3n) is 3.56. The van der Waals surface area contributed by atoms with Gasteiger partial charge >= 0.3 is 0 Å². The van der Waals surface area contributed by atoms with E-state index in [1.165, 1.54) is 11.1 Å². The van der Waals surface area contributed by atoms with E-state index in [0.717, 1.165) is 5.56 Å². The van der Waals surface area contributed by atoms with Crippen LogP contribution >= 0.6 is 0 Å². The normalized spacial score (nSPS) is 13.3. The number of aliphatic hydroxyl groups is 1. The highest BCUT2D eigenvalue weighted by molar-refractivity contribution is 5.35. The van der Waals surface area contributed by atoms with Gasteiger partial charge in [-0.15, -0.1) is 0 Å². The third-order valence-corrected chi connectivity index (χ3v) is 3.56. The predicted molar refractivity (Wildman–Crippen MR) is 80.5 cm³/mol. The Bertz CT molecular complexity index is 506. The average molecular weight is 254 g/mol. The average Bonchev–Trinajstić information content (AvgIpc) is 2.40. The quantitative estimate of drug-likeness (QED) is 0.874. The fraction of sp³-hybridized carbons (Fsp3) is 0.333. The molecule has 0 fully saturated rings. The molecule has 1 nitrogen and oxygen atoms in total. The van der Waals surface area contributed by atoms with Crippen LogP contribution in [0.25, 0.3) is 0 Å². The number of benzene rings is 2. The summed E-state index contributed by atoms with van der Waals surface area (Å²) in [6.45, 7) is 6.77. The van der Waals surface area contributed by atoms with Gasteiger partial charge in [-0.25, -0.2) is 0 Å². The fourth-order valence-corrected chi connectivity index (χ4v) is 2.30. The van der Waals surface area contributed by atoms with Crippen molar-refractivity contribution in [2.75, 3.05) is 6.61 Å². The summed E-state index contributed by atoms with van der Waals surface area (Å²) in [5.41, 5.74) is 3.82. The maximum Gasteiger partial charge on any atom is 0.0540 e. The van der Waals surface area contributed by atoms with Crippen molar-refractivity contribution in [3.05, 3.63) is 71.3 Å². The standard InChI is InChI=1S/C18H22O/c1-18(2,3)16-11-9-15(10-12-16)17(13-19)14-7-5-4-6-8-14/h4-12,17,19H,13H2,1-3H3. The van der Waals surface area contributed by atoms with E-state index in [9.17, 15) is 5.11 Å². The van der Waals surface area contributed by atoms with Crippen molar-refractivity contribution in [3.8, 4) is 0 Å². The summed E-state index contributed by atoms with van der Waals surface area (Å²) in [6, 6.07) is 18.8. The molecule has 0 heterocycles. The maximum atomic E-state index is 9.66. The second-order valence-corrected chi connectivity index (χ2v) is 6.02. The van der Waals surface area contributed by atoms with Gasteiger partial charge in [-0.05, 0) is 22.1 Å². The number of hydrogen-bond donors (Lipinski definition) is 1. The van der Waals surface area contributed by atoms with Crippen molar-refractivity contribution in [2.24, 2.45) is 0 Å². The molecular weight excluding hydrogens is 232 g/mol. The maximum absolute atomic E-state index is 9.66. The Morgan fingerprint density at radius 2 is 1.37 bits per heavy atom. The molecule has 2 rings (SSSR count). The molecule has 1 unspecified atom stereocenters. The summed E-state index contributed by atoms with van der Waals surface area (Å²) in [6.07, 6.45) is 0. The van der Waals surface area contributed by atoms with Gasteiger partial charge in [0.25, 0.3) is 0 Å². The van der Waals surface area contributed by atoms with Crippen molar-refractivity contribution >= 4 is 0 Å². The molecule has 0 aliphatic rings. The molecule has 0 aromatic heterocycles. The van der Waals surface area contributed by atoms with E-state index in [-0.39, 0.29) is 17.9 Å². The predicted octanol–water partition coefficient (Wildman–Crippen LogP) is 4.11. The van der Waals surface area contributed by atoms with Crippen molar-refractivity contribution in [2.45, 2.75) is 32.1 Å². The van der Waals surface area contributed by atoms with Crippen LogP contribution in [0.2, 0.25) is 0 Å². The van der Waals surface area contributed by atoms with Gasteiger partial charge in [0.2, 0.25) is 0 Å². The summed E-state index contributed by atoms with van der Waals surface area (Å²) >= 11 is 0. The summed E-state index contributed by atoms with van der Waals surface area (Å²) in [7, 11) is 0. The minimum Gasteiger partial charge on any atom is -0.395 e. The first-order valence-electron chi connectivity index (χ1n) is 6.78. The lowest BCUT2D eigenvalue weighted by molar-refractivity contribution is 0.280. The highest BCUT2D eigenvalue weighted by atomic mass is 16.3. The van der Waals surface area contributed by atoms with E-state index in [1.807, 2.05) is 18.2 Å². The molecule has 0 aliphatic carbocycles. The lowest BCUT2D eigenvalue weighted by Crippen LogP contribution is -2.12. The van der Waals surface area contributed by atoms with Gasteiger partial charge in [-0.3, -0.25) is 0 Å². The van der Waals surface area contributed by atoms with Crippen LogP contribution in [0.5, 0.6) is 0 Å². The van der Waals surface area contributed by atoms with Gasteiger partial charge in [0.15, 0.2) is 0 Å². The summed E-state index contributed by atoms with van der Waals surface area (Å²) in [4.78, 5) is 0. The van der Waals surface area contributed by atoms with Crippen LogP contribution in [0, 0.1) is 0 Å². The topological polar surface area (TPSA) is 20.2 Å². The van der Waals surface area contributed by atoms with Crippen LogP contribution < -0.4 is 0 Å². The second-order valence-electron chi connectivity index (χ2n) is 6.02. The zero-order chi connectivity index (χ0) is 13.9. The molecule has 0 saturated carbocycles. The monoisotopic (exact) mass is 254 g/mol. The van der Waals surface area contributed by atoms with Gasteiger partial charge in [0.1, 0.15) is 0 Å². The van der Waals surface area contributed by atoms with Gasteiger partial charge in [0.05, 0.1) is 6.61 Å².